The third-order valence-electron chi connectivity index (χ3n) is 7.82. The lowest BCUT2D eigenvalue weighted by Crippen LogP contribution is -2.53. The second kappa shape index (κ2) is 15.6. The van der Waals surface area contributed by atoms with Crippen molar-refractivity contribution in [3.8, 4) is 5.75 Å². The number of anilines is 1. The van der Waals surface area contributed by atoms with Crippen molar-refractivity contribution in [2.45, 2.75) is 58.0 Å². The summed E-state index contributed by atoms with van der Waals surface area (Å²) in [6.07, 6.45) is 0.975. The molecule has 0 spiro atoms. The van der Waals surface area contributed by atoms with Gasteiger partial charge in [-0.1, -0.05) is 84.8 Å². The molecular formula is C37H43N3O5S. The monoisotopic (exact) mass is 641 g/mol. The molecule has 2 amide bonds. The molecule has 0 heterocycles. The average molecular weight is 642 g/mol. The number of carbonyl (C=O) groups excluding carboxylic acids is 2. The number of nitrogens with zero attached hydrogens (tertiary/aromatic N) is 2. The van der Waals surface area contributed by atoms with Crippen LogP contribution in [-0.4, -0.2) is 51.4 Å². The summed E-state index contributed by atoms with van der Waals surface area (Å²) in [5.41, 5.74) is 4.62. The molecular weight excluding hydrogens is 598 g/mol. The van der Waals surface area contributed by atoms with E-state index in [1.807, 2.05) is 88.4 Å². The maximum absolute atomic E-state index is 14.6. The van der Waals surface area contributed by atoms with Gasteiger partial charge >= 0.3 is 0 Å². The fourth-order valence-corrected chi connectivity index (χ4v) is 6.80. The maximum atomic E-state index is 14.6. The number of hydrogen-bond donors (Lipinski definition) is 1. The van der Waals surface area contributed by atoms with Gasteiger partial charge in [0, 0.05) is 19.5 Å². The van der Waals surface area contributed by atoms with Crippen LogP contribution >= 0.6 is 0 Å². The van der Waals surface area contributed by atoms with Gasteiger partial charge in [-0.3, -0.25) is 13.9 Å². The fraction of sp³-hybridized carbons (Fsp3) is 0.297. The second-order valence-electron chi connectivity index (χ2n) is 11.5. The van der Waals surface area contributed by atoms with E-state index in [1.54, 1.807) is 43.5 Å². The molecule has 0 saturated carbocycles. The highest BCUT2D eigenvalue weighted by molar-refractivity contribution is 7.92. The second-order valence-corrected chi connectivity index (χ2v) is 13.3. The molecule has 4 rings (SSSR count). The van der Waals surface area contributed by atoms with E-state index in [0.29, 0.717) is 23.5 Å². The summed E-state index contributed by atoms with van der Waals surface area (Å²) in [5, 5.41) is 2.97. The van der Waals surface area contributed by atoms with Gasteiger partial charge in [-0.25, -0.2) is 8.42 Å². The van der Waals surface area contributed by atoms with Crippen LogP contribution in [0.1, 0.15) is 41.2 Å². The van der Waals surface area contributed by atoms with Gasteiger partial charge in [0.05, 0.1) is 17.7 Å². The van der Waals surface area contributed by atoms with Crippen molar-refractivity contribution in [1.29, 1.82) is 0 Å². The van der Waals surface area contributed by atoms with Gasteiger partial charge < -0.3 is 15.0 Å². The molecule has 0 unspecified atom stereocenters. The van der Waals surface area contributed by atoms with Gasteiger partial charge in [-0.15, -0.1) is 0 Å². The highest BCUT2D eigenvalue weighted by Crippen LogP contribution is 2.29. The van der Waals surface area contributed by atoms with Crippen LogP contribution in [-0.2, 0) is 32.6 Å². The number of carbonyl (C=O) groups is 2. The minimum Gasteiger partial charge on any atom is -0.497 e. The van der Waals surface area contributed by atoms with Crippen LogP contribution in [0.4, 0.5) is 5.69 Å². The van der Waals surface area contributed by atoms with Crippen LogP contribution in [0, 0.1) is 20.8 Å². The van der Waals surface area contributed by atoms with Crippen LogP contribution in [0.5, 0.6) is 5.75 Å². The summed E-state index contributed by atoms with van der Waals surface area (Å²) >= 11 is 0. The Morgan fingerprint density at radius 1 is 0.826 bits per heavy atom. The largest absolute Gasteiger partial charge is 0.497 e. The summed E-state index contributed by atoms with van der Waals surface area (Å²) < 4.78 is 35.1. The highest BCUT2D eigenvalue weighted by Gasteiger charge is 2.35. The Morgan fingerprint density at radius 2 is 1.50 bits per heavy atom. The average Bonchev–Trinajstić information content (AvgIpc) is 3.05. The number of hydrogen-bond acceptors (Lipinski definition) is 5. The Hall–Kier alpha value is -4.63. The zero-order valence-electron chi connectivity index (χ0n) is 27.2. The van der Waals surface area contributed by atoms with Crippen LogP contribution in [0.3, 0.4) is 0 Å². The molecule has 1 atom stereocenters. The molecule has 4 aromatic carbocycles. The number of ether oxygens (including phenoxy) is 1. The minimum atomic E-state index is -4.17. The summed E-state index contributed by atoms with van der Waals surface area (Å²) in [6.45, 7) is 7.61. The van der Waals surface area contributed by atoms with Crippen LogP contribution in [0.15, 0.2) is 102 Å². The molecule has 8 nitrogen and oxygen atoms in total. The van der Waals surface area contributed by atoms with E-state index < -0.39 is 28.5 Å². The van der Waals surface area contributed by atoms with Crippen molar-refractivity contribution in [2.75, 3.05) is 24.5 Å². The van der Waals surface area contributed by atoms with Gasteiger partial charge in [0.25, 0.3) is 10.0 Å². The first kappa shape index (κ1) is 34.2. The Kier molecular flexibility index (Phi) is 11.6. The van der Waals surface area contributed by atoms with Gasteiger partial charge in [-0.2, -0.15) is 0 Å². The zero-order chi connectivity index (χ0) is 33.3. The normalized spacial score (nSPS) is 11.8. The first-order chi connectivity index (χ1) is 22.0. The first-order valence-electron chi connectivity index (χ1n) is 15.4. The van der Waals surface area contributed by atoms with Crippen LogP contribution < -0.4 is 14.4 Å². The molecule has 0 saturated heterocycles. The van der Waals surface area contributed by atoms with Crippen molar-refractivity contribution < 1.29 is 22.7 Å². The number of nitrogens with one attached hydrogen (secondary N) is 1. The summed E-state index contributed by atoms with van der Waals surface area (Å²) in [7, 11) is -2.61. The predicted molar refractivity (Wildman–Crippen MR) is 182 cm³/mol. The highest BCUT2D eigenvalue weighted by atomic mass is 32.2. The van der Waals surface area contributed by atoms with Crippen molar-refractivity contribution in [3.05, 3.63) is 125 Å². The third-order valence-corrected chi connectivity index (χ3v) is 9.59. The van der Waals surface area contributed by atoms with Gasteiger partial charge in [0.2, 0.25) is 11.8 Å². The van der Waals surface area contributed by atoms with Gasteiger partial charge in [-0.05, 0) is 74.2 Å². The summed E-state index contributed by atoms with van der Waals surface area (Å²) in [5.74, 6) is -0.203. The molecule has 1 N–H and O–H groups in total. The Labute approximate surface area is 273 Å². The quantitative estimate of drug-likeness (QED) is 0.183. The van der Waals surface area contributed by atoms with E-state index in [-0.39, 0.29) is 23.8 Å². The van der Waals surface area contributed by atoms with Crippen LogP contribution in [0.2, 0.25) is 0 Å². The number of benzene rings is 4. The van der Waals surface area contributed by atoms with Gasteiger partial charge in [0.15, 0.2) is 0 Å². The molecule has 0 radical (unpaired) electrons. The lowest BCUT2D eigenvalue weighted by Gasteiger charge is -2.34. The van der Waals surface area contributed by atoms with E-state index >= 15 is 0 Å². The summed E-state index contributed by atoms with van der Waals surface area (Å²) in [4.78, 5) is 30.0. The van der Waals surface area contributed by atoms with E-state index in [1.165, 1.54) is 4.90 Å². The SMILES string of the molecule is CCCNC(=O)[C@H](Cc1ccccc1)N(Cc1cccc(OC)c1)C(=O)CN(c1ccc(C)cc1C)S(=O)(=O)c1ccc(C)cc1. The standard InChI is InChI=1S/C37H43N3O5S/c1-6-21-38-37(42)35(24-30-11-8-7-9-12-30)39(25-31-13-10-14-32(23-31)45-5)36(41)26-40(34-20-17-28(3)22-29(34)4)46(43,44)33-18-15-27(2)16-19-33/h7-20,22-23,35H,6,21,24-26H2,1-5H3,(H,38,42)/t35-/m0/s1. The van der Waals surface area contributed by atoms with Gasteiger partial charge in [0.1, 0.15) is 18.3 Å². The zero-order valence-corrected chi connectivity index (χ0v) is 28.0. The van der Waals surface area contributed by atoms with E-state index in [4.69, 9.17) is 4.74 Å². The molecule has 0 aliphatic carbocycles. The first-order valence-corrected chi connectivity index (χ1v) is 16.9. The molecule has 4 aromatic rings. The molecule has 0 aliphatic rings. The Bertz CT molecular complexity index is 1740. The predicted octanol–water partition coefficient (Wildman–Crippen LogP) is 5.98. The summed E-state index contributed by atoms with van der Waals surface area (Å²) in [6, 6.07) is 27.9. The fourth-order valence-electron chi connectivity index (χ4n) is 5.32. The third kappa shape index (κ3) is 8.54. The van der Waals surface area contributed by atoms with Crippen molar-refractivity contribution >= 4 is 27.5 Å². The number of sulfonamides is 1. The number of aryl methyl sites for hydroxylation is 3. The van der Waals surface area contributed by atoms with Crippen molar-refractivity contribution in [1.82, 2.24) is 10.2 Å². The maximum Gasteiger partial charge on any atom is 0.264 e. The van der Waals surface area contributed by atoms with E-state index in [2.05, 4.69) is 5.32 Å². The van der Waals surface area contributed by atoms with Crippen molar-refractivity contribution in [2.24, 2.45) is 0 Å². The molecule has 0 aromatic heterocycles. The lowest BCUT2D eigenvalue weighted by atomic mass is 10.0. The number of methoxy groups -OCH3 is 1. The number of rotatable bonds is 14. The Balaban J connectivity index is 1.83. The molecule has 0 aliphatic heterocycles. The molecule has 0 bridgehead atoms. The minimum absolute atomic E-state index is 0.0678. The van der Waals surface area contributed by atoms with E-state index in [9.17, 15) is 18.0 Å². The molecule has 46 heavy (non-hydrogen) atoms. The molecule has 0 fully saturated rings. The molecule has 9 heteroatoms. The lowest BCUT2D eigenvalue weighted by molar-refractivity contribution is -0.140. The molecule has 242 valence electrons. The number of amides is 2. The topological polar surface area (TPSA) is 96.0 Å². The van der Waals surface area contributed by atoms with Crippen molar-refractivity contribution in [3.63, 3.8) is 0 Å². The van der Waals surface area contributed by atoms with E-state index in [0.717, 1.165) is 33.0 Å². The Morgan fingerprint density at radius 3 is 2.15 bits per heavy atom. The smallest absolute Gasteiger partial charge is 0.264 e. The van der Waals surface area contributed by atoms with Crippen LogP contribution in [0.25, 0.3) is 0 Å².